The van der Waals surface area contributed by atoms with Crippen molar-refractivity contribution in [3.8, 4) is 0 Å². The van der Waals surface area contributed by atoms with Crippen molar-refractivity contribution in [2.75, 3.05) is 0 Å². The second-order valence-corrected chi connectivity index (χ2v) is 7.17. The number of aromatic nitrogens is 2. The third kappa shape index (κ3) is 2.59. The Morgan fingerprint density at radius 2 is 2.17 bits per heavy atom. The molecule has 1 heterocycles. The van der Waals surface area contributed by atoms with Crippen LogP contribution < -0.4 is 0 Å². The molecule has 0 radical (unpaired) electrons. The van der Waals surface area contributed by atoms with Crippen molar-refractivity contribution in [3.05, 3.63) is 18.0 Å². The van der Waals surface area contributed by atoms with Gasteiger partial charge in [-0.2, -0.15) is 5.10 Å². The summed E-state index contributed by atoms with van der Waals surface area (Å²) in [5.41, 5.74) is 1.64. The fourth-order valence-corrected chi connectivity index (χ4v) is 4.17. The van der Waals surface area contributed by atoms with Crippen LogP contribution in [0.3, 0.4) is 0 Å². The van der Waals surface area contributed by atoms with E-state index in [1.165, 1.54) is 44.2 Å². The maximum Gasteiger partial charge on any atom is 0.0630 e. The van der Waals surface area contributed by atoms with Gasteiger partial charge in [0.25, 0.3) is 0 Å². The minimum absolute atomic E-state index is 0.376. The largest absolute Gasteiger partial charge is 0.269 e. The highest BCUT2D eigenvalue weighted by Gasteiger charge is 2.34. The number of hydrogen-bond donors (Lipinski definition) is 0. The van der Waals surface area contributed by atoms with E-state index in [0.717, 1.165) is 12.8 Å². The van der Waals surface area contributed by atoms with E-state index < -0.39 is 0 Å². The Kier molecular flexibility index (Phi) is 3.40. The number of hydrogen-bond acceptors (Lipinski definition) is 1. The zero-order chi connectivity index (χ0) is 12.6. The highest BCUT2D eigenvalue weighted by Crippen LogP contribution is 2.42. The first-order valence-corrected chi connectivity index (χ1v) is 7.76. The minimum Gasteiger partial charge on any atom is -0.269 e. The molecular weight excluding hydrogens is 244 g/mol. The summed E-state index contributed by atoms with van der Waals surface area (Å²) in [6.45, 7) is 2.37. The second kappa shape index (κ2) is 4.88. The molecule has 2 aliphatic carbocycles. The summed E-state index contributed by atoms with van der Waals surface area (Å²) in [4.78, 5) is 0. The van der Waals surface area contributed by atoms with Crippen molar-refractivity contribution in [1.29, 1.82) is 0 Å². The predicted octanol–water partition coefficient (Wildman–Crippen LogP) is 4.34. The molecule has 0 N–H and O–H groups in total. The summed E-state index contributed by atoms with van der Waals surface area (Å²) in [6, 6.07) is 2.88. The fraction of sp³-hybridized carbons (Fsp3) is 0.800. The van der Waals surface area contributed by atoms with E-state index in [9.17, 15) is 0 Å². The van der Waals surface area contributed by atoms with Crippen molar-refractivity contribution in [1.82, 2.24) is 9.78 Å². The lowest BCUT2D eigenvalue weighted by Crippen LogP contribution is -2.16. The Morgan fingerprint density at radius 3 is 2.83 bits per heavy atom. The van der Waals surface area contributed by atoms with E-state index in [1.54, 1.807) is 0 Å². The molecule has 3 heteroatoms. The standard InChI is InChI=1S/C15H23ClN2/c1-15(8-6-12(16)10-15)11-13-7-9-18(17-13)14-4-2-3-5-14/h7,9,12,14H,2-6,8,10-11H2,1H3. The lowest BCUT2D eigenvalue weighted by Gasteiger charge is -2.22. The second-order valence-electron chi connectivity index (χ2n) is 6.55. The number of halogens is 1. The van der Waals surface area contributed by atoms with Crippen LogP contribution in [0.25, 0.3) is 0 Å². The van der Waals surface area contributed by atoms with E-state index in [4.69, 9.17) is 16.7 Å². The smallest absolute Gasteiger partial charge is 0.0630 e. The zero-order valence-corrected chi connectivity index (χ0v) is 12.0. The molecule has 0 saturated heterocycles. The summed E-state index contributed by atoms with van der Waals surface area (Å²) in [5.74, 6) is 0. The van der Waals surface area contributed by atoms with Crippen LogP contribution in [0.15, 0.2) is 12.3 Å². The van der Waals surface area contributed by atoms with Crippen LogP contribution in [0.2, 0.25) is 0 Å². The number of rotatable bonds is 3. The predicted molar refractivity (Wildman–Crippen MR) is 75.0 cm³/mol. The molecule has 1 aromatic heterocycles. The average molecular weight is 267 g/mol. The van der Waals surface area contributed by atoms with Crippen molar-refractivity contribution in [3.63, 3.8) is 0 Å². The molecule has 0 bridgehead atoms. The van der Waals surface area contributed by atoms with Gasteiger partial charge in [-0.3, -0.25) is 4.68 Å². The van der Waals surface area contributed by atoms with E-state index >= 15 is 0 Å². The molecule has 3 rings (SSSR count). The average Bonchev–Trinajstić information content (AvgIpc) is 2.99. The van der Waals surface area contributed by atoms with Gasteiger partial charge in [0, 0.05) is 11.6 Å². The van der Waals surface area contributed by atoms with Gasteiger partial charge in [0.15, 0.2) is 0 Å². The molecule has 0 aromatic carbocycles. The summed E-state index contributed by atoms with van der Waals surface area (Å²) in [5, 5.41) is 5.18. The summed E-state index contributed by atoms with van der Waals surface area (Å²) in [7, 11) is 0. The first kappa shape index (κ1) is 12.5. The van der Waals surface area contributed by atoms with Crippen LogP contribution in [0.1, 0.15) is 63.6 Å². The summed E-state index contributed by atoms with van der Waals surface area (Å²) < 4.78 is 2.21. The van der Waals surface area contributed by atoms with E-state index in [1.807, 2.05) is 0 Å². The molecule has 18 heavy (non-hydrogen) atoms. The molecule has 2 nitrogen and oxygen atoms in total. The molecule has 1 aromatic rings. The van der Waals surface area contributed by atoms with Crippen LogP contribution in [-0.2, 0) is 6.42 Å². The minimum atomic E-state index is 0.376. The van der Waals surface area contributed by atoms with Gasteiger partial charge in [-0.1, -0.05) is 19.8 Å². The van der Waals surface area contributed by atoms with Gasteiger partial charge in [0.05, 0.1) is 11.7 Å². The third-order valence-electron chi connectivity index (χ3n) is 4.75. The van der Waals surface area contributed by atoms with Gasteiger partial charge in [-0.05, 0) is 50.0 Å². The molecule has 2 aliphatic rings. The first-order valence-electron chi connectivity index (χ1n) is 7.33. The fourth-order valence-electron chi connectivity index (χ4n) is 3.69. The van der Waals surface area contributed by atoms with Gasteiger partial charge >= 0.3 is 0 Å². The van der Waals surface area contributed by atoms with Crippen molar-refractivity contribution in [2.24, 2.45) is 5.41 Å². The summed E-state index contributed by atoms with van der Waals surface area (Å²) >= 11 is 6.25. The summed E-state index contributed by atoms with van der Waals surface area (Å²) in [6.07, 6.45) is 12.2. The molecule has 2 atom stereocenters. The van der Waals surface area contributed by atoms with E-state index in [-0.39, 0.29) is 0 Å². The van der Waals surface area contributed by atoms with Crippen LogP contribution in [0.4, 0.5) is 0 Å². The van der Waals surface area contributed by atoms with Gasteiger partial charge in [0.1, 0.15) is 0 Å². The topological polar surface area (TPSA) is 17.8 Å². The van der Waals surface area contributed by atoms with Crippen LogP contribution in [0.5, 0.6) is 0 Å². The van der Waals surface area contributed by atoms with Crippen LogP contribution in [0, 0.1) is 5.41 Å². The van der Waals surface area contributed by atoms with Crippen LogP contribution in [-0.4, -0.2) is 15.2 Å². The molecule has 0 spiro atoms. The molecule has 0 aliphatic heterocycles. The third-order valence-corrected chi connectivity index (χ3v) is 5.12. The van der Waals surface area contributed by atoms with E-state index in [0.29, 0.717) is 16.8 Å². The quantitative estimate of drug-likeness (QED) is 0.745. The lowest BCUT2D eigenvalue weighted by atomic mass is 9.84. The Labute approximate surface area is 115 Å². The molecule has 100 valence electrons. The van der Waals surface area contributed by atoms with Crippen molar-refractivity contribution >= 4 is 11.6 Å². The number of nitrogens with zero attached hydrogens (tertiary/aromatic N) is 2. The zero-order valence-electron chi connectivity index (χ0n) is 11.2. The maximum atomic E-state index is 6.25. The van der Waals surface area contributed by atoms with Gasteiger partial charge in [-0.15, -0.1) is 11.6 Å². The lowest BCUT2D eigenvalue weighted by molar-refractivity contribution is 0.328. The first-order chi connectivity index (χ1) is 8.65. The van der Waals surface area contributed by atoms with Gasteiger partial charge in [0.2, 0.25) is 0 Å². The molecule has 2 fully saturated rings. The van der Waals surface area contributed by atoms with Gasteiger partial charge in [-0.25, -0.2) is 0 Å². The Morgan fingerprint density at radius 1 is 1.39 bits per heavy atom. The molecular formula is C15H23ClN2. The monoisotopic (exact) mass is 266 g/mol. The highest BCUT2D eigenvalue weighted by molar-refractivity contribution is 6.20. The molecule has 0 amide bonds. The maximum absolute atomic E-state index is 6.25. The molecule has 2 unspecified atom stereocenters. The van der Waals surface area contributed by atoms with Gasteiger partial charge < -0.3 is 0 Å². The van der Waals surface area contributed by atoms with E-state index in [2.05, 4.69) is 23.9 Å². The van der Waals surface area contributed by atoms with Crippen molar-refractivity contribution < 1.29 is 0 Å². The van der Waals surface area contributed by atoms with Crippen molar-refractivity contribution in [2.45, 2.75) is 69.7 Å². The van der Waals surface area contributed by atoms with Crippen LogP contribution >= 0.6 is 11.6 Å². The highest BCUT2D eigenvalue weighted by atomic mass is 35.5. The Bertz CT molecular complexity index is 408. The SMILES string of the molecule is CC1(Cc2ccn(C3CCCC3)n2)CCC(Cl)C1. The normalized spacial score (nSPS) is 33.3. The Balaban J connectivity index is 1.66. The number of alkyl halides is 1. The molecule has 2 saturated carbocycles. The Hall–Kier alpha value is -0.500.